The molecule has 270 valence electrons. The normalized spacial score (nSPS) is 14.0. The molecule has 0 radical (unpaired) electrons. The van der Waals surface area contributed by atoms with E-state index in [2.05, 4.69) is 94.0 Å². The molecule has 2 aromatic carbocycles. The number of phenols is 2. The first-order valence-electron chi connectivity index (χ1n) is 17.5. The molecule has 0 aliphatic heterocycles. The van der Waals surface area contributed by atoms with Crippen LogP contribution < -0.4 is 11.0 Å². The topological polar surface area (TPSA) is 117 Å². The quantitative estimate of drug-likeness (QED) is 0.110. The van der Waals surface area contributed by atoms with Crippen molar-refractivity contribution in [1.29, 1.82) is 0 Å². The maximum absolute atomic E-state index is 12.8. The molecule has 0 aliphatic carbocycles. The second-order valence-corrected chi connectivity index (χ2v) is 17.4. The van der Waals surface area contributed by atoms with Crippen molar-refractivity contribution in [2.45, 2.75) is 144 Å². The van der Waals surface area contributed by atoms with Gasteiger partial charge >= 0.3 is 11.9 Å². The van der Waals surface area contributed by atoms with Gasteiger partial charge in [0.1, 0.15) is 11.5 Å². The fraction of sp³-hybridized carbons (Fsp3) is 0.650. The molecule has 0 saturated heterocycles. The Kier molecular flexibility index (Phi) is 14.6. The molecular weight excluding hydrogens is 604 g/mol. The Morgan fingerprint density at radius 2 is 0.917 bits per heavy atom. The fourth-order valence-corrected chi connectivity index (χ4v) is 6.02. The smallest absolute Gasteiger partial charge is 0.325 e. The third-order valence-electron chi connectivity index (χ3n) is 8.97. The third kappa shape index (κ3) is 13.1. The van der Waals surface area contributed by atoms with E-state index < -0.39 is 0 Å². The summed E-state index contributed by atoms with van der Waals surface area (Å²) >= 11 is 0. The first kappa shape index (κ1) is 41.1. The van der Waals surface area contributed by atoms with Crippen molar-refractivity contribution < 1.29 is 29.5 Å². The van der Waals surface area contributed by atoms with Crippen molar-refractivity contribution >= 4 is 11.9 Å². The van der Waals surface area contributed by atoms with E-state index in [1.54, 1.807) is 12.1 Å². The Morgan fingerprint density at radius 3 is 1.21 bits per heavy atom. The van der Waals surface area contributed by atoms with Gasteiger partial charge in [-0.2, -0.15) is 11.0 Å². The number of rotatable bonds is 15. The molecule has 0 saturated carbocycles. The summed E-state index contributed by atoms with van der Waals surface area (Å²) in [5, 5.41) is 20.8. The highest BCUT2D eigenvalue weighted by atomic mass is 16.7. The van der Waals surface area contributed by atoms with E-state index in [0.717, 1.165) is 47.9 Å². The van der Waals surface area contributed by atoms with Gasteiger partial charge in [-0.05, 0) is 80.7 Å². The molecule has 2 atom stereocenters. The maximum atomic E-state index is 12.8. The molecule has 0 aromatic heterocycles. The lowest BCUT2D eigenvalue weighted by Crippen LogP contribution is -2.27. The lowest BCUT2D eigenvalue weighted by molar-refractivity contribution is -0.153. The van der Waals surface area contributed by atoms with Crippen molar-refractivity contribution in [2.24, 2.45) is 10.8 Å². The van der Waals surface area contributed by atoms with Gasteiger partial charge in [-0.3, -0.25) is 9.59 Å². The van der Waals surface area contributed by atoms with Crippen molar-refractivity contribution in [1.82, 2.24) is 11.0 Å². The number of benzene rings is 2. The molecule has 2 unspecified atom stereocenters. The Morgan fingerprint density at radius 1 is 0.583 bits per heavy atom. The molecule has 8 heteroatoms. The van der Waals surface area contributed by atoms with E-state index in [4.69, 9.17) is 9.68 Å². The lowest BCUT2D eigenvalue weighted by Gasteiger charge is -2.32. The molecule has 0 heterocycles. The first-order chi connectivity index (χ1) is 22.0. The van der Waals surface area contributed by atoms with Crippen molar-refractivity contribution in [2.75, 3.05) is 13.1 Å². The highest BCUT2D eigenvalue weighted by Gasteiger charge is 2.32. The van der Waals surface area contributed by atoms with Crippen LogP contribution in [-0.4, -0.2) is 35.2 Å². The number of hydroxylamine groups is 2. The van der Waals surface area contributed by atoms with Gasteiger partial charge in [-0.25, -0.2) is 0 Å². The first-order valence-corrected chi connectivity index (χ1v) is 17.5. The molecule has 0 bridgehead atoms. The summed E-state index contributed by atoms with van der Waals surface area (Å²) in [7, 11) is 0. The molecular formula is C40H64N2O6. The predicted octanol–water partition coefficient (Wildman–Crippen LogP) is 9.09. The van der Waals surface area contributed by atoms with Crippen molar-refractivity contribution in [3.8, 4) is 11.5 Å². The molecule has 0 amide bonds. The number of hydrogen-bond donors (Lipinski definition) is 4. The molecule has 8 nitrogen and oxygen atoms in total. The molecule has 0 spiro atoms. The Hall–Kier alpha value is -3.10. The molecule has 4 N–H and O–H groups in total. The van der Waals surface area contributed by atoms with E-state index in [9.17, 15) is 19.8 Å². The molecule has 0 aliphatic rings. The van der Waals surface area contributed by atoms with Gasteiger partial charge in [0.05, 0.1) is 12.8 Å². The second-order valence-electron chi connectivity index (χ2n) is 17.4. The van der Waals surface area contributed by atoms with Crippen LogP contribution in [0.1, 0.15) is 156 Å². The zero-order valence-electron chi connectivity index (χ0n) is 31.8. The predicted molar refractivity (Wildman–Crippen MR) is 194 cm³/mol. The third-order valence-corrected chi connectivity index (χ3v) is 8.97. The van der Waals surface area contributed by atoms with Crippen LogP contribution in [0.25, 0.3) is 0 Å². The van der Waals surface area contributed by atoms with Crippen LogP contribution in [0.5, 0.6) is 11.5 Å². The number of nitrogens with one attached hydrogen (secondary N) is 2. The average Bonchev–Trinajstić information content (AvgIpc) is 2.94. The van der Waals surface area contributed by atoms with Gasteiger partial charge in [0.15, 0.2) is 0 Å². The van der Waals surface area contributed by atoms with Crippen LogP contribution in [0.2, 0.25) is 0 Å². The number of hydrogen-bond acceptors (Lipinski definition) is 8. The van der Waals surface area contributed by atoms with Crippen LogP contribution in [-0.2, 0) is 30.1 Å². The van der Waals surface area contributed by atoms with Crippen LogP contribution in [0.4, 0.5) is 0 Å². The van der Waals surface area contributed by atoms with Crippen LogP contribution in [0.3, 0.4) is 0 Å². The summed E-state index contributed by atoms with van der Waals surface area (Å²) in [4.78, 5) is 36.3. The SMILES string of the molecule is CC(C)(C)c1cc(C(CC(=O)ONCCCCCCNOC(=O)CC(c2ccc(O)c(C(C)(C)C)c2)C(C)(C)C)C(C)(C)C)ccc1O. The Labute approximate surface area is 290 Å². The fourth-order valence-electron chi connectivity index (χ4n) is 6.02. The van der Waals surface area contributed by atoms with Gasteiger partial charge in [-0.15, -0.1) is 0 Å². The zero-order valence-corrected chi connectivity index (χ0v) is 31.8. The number of carbonyl (C=O) groups excluding carboxylic acids is 2. The lowest BCUT2D eigenvalue weighted by atomic mass is 9.73. The summed E-state index contributed by atoms with van der Waals surface area (Å²) in [5.74, 6) is -0.205. The van der Waals surface area contributed by atoms with E-state index >= 15 is 0 Å². The highest BCUT2D eigenvalue weighted by molar-refractivity contribution is 5.71. The summed E-state index contributed by atoms with van der Waals surface area (Å²) < 4.78 is 0. The Bertz CT molecular complexity index is 1240. The number of aromatic hydroxyl groups is 2. The van der Waals surface area contributed by atoms with Crippen molar-refractivity contribution in [3.05, 3.63) is 58.7 Å². The largest absolute Gasteiger partial charge is 0.508 e. The summed E-state index contributed by atoms with van der Waals surface area (Å²) in [6.07, 6.45) is 4.05. The van der Waals surface area contributed by atoms with Gasteiger partial charge in [0.2, 0.25) is 0 Å². The molecule has 2 aromatic rings. The monoisotopic (exact) mass is 668 g/mol. The molecule has 48 heavy (non-hydrogen) atoms. The van der Waals surface area contributed by atoms with E-state index in [1.165, 1.54) is 0 Å². The standard InChI is InChI=1S/C40H64N2O6/c1-37(2,3)29(27-17-19-33(43)31(23-27)39(7,8)9)25-35(45)47-41-21-15-13-14-16-22-42-48-36(46)26-30(38(4,5)6)28-18-20-34(44)32(24-28)40(10,11)12/h17-20,23-24,29-30,41-44H,13-16,21-22,25-26H2,1-12H3. The summed E-state index contributed by atoms with van der Waals surface area (Å²) in [6.45, 7) is 26.2. The van der Waals surface area contributed by atoms with Gasteiger partial charge in [-0.1, -0.05) is 120 Å². The van der Waals surface area contributed by atoms with E-state index in [0.29, 0.717) is 13.1 Å². The molecule has 2 rings (SSSR count). The maximum Gasteiger partial charge on any atom is 0.325 e. The van der Waals surface area contributed by atoms with Gasteiger partial charge in [0, 0.05) is 13.1 Å². The van der Waals surface area contributed by atoms with Crippen LogP contribution in [0, 0.1) is 10.8 Å². The second kappa shape index (κ2) is 17.0. The Balaban J connectivity index is 1.72. The zero-order chi connectivity index (χ0) is 36.5. The van der Waals surface area contributed by atoms with Crippen LogP contribution >= 0.6 is 0 Å². The van der Waals surface area contributed by atoms with E-state index in [1.807, 2.05) is 24.3 Å². The average molecular weight is 669 g/mol. The van der Waals surface area contributed by atoms with E-state index in [-0.39, 0.29) is 69.8 Å². The number of unbranched alkanes of at least 4 members (excludes halogenated alkanes) is 3. The minimum absolute atomic E-state index is 0.0661. The highest BCUT2D eigenvalue weighted by Crippen LogP contribution is 2.42. The number of phenolic OH excluding ortho intramolecular Hbond substituents is 2. The summed E-state index contributed by atoms with van der Waals surface area (Å²) in [6, 6.07) is 11.3. The van der Waals surface area contributed by atoms with Gasteiger partial charge < -0.3 is 19.9 Å². The molecule has 0 fully saturated rings. The van der Waals surface area contributed by atoms with Crippen molar-refractivity contribution in [3.63, 3.8) is 0 Å². The summed E-state index contributed by atoms with van der Waals surface area (Å²) in [5.41, 5.74) is 8.63. The van der Waals surface area contributed by atoms with Gasteiger partial charge in [0.25, 0.3) is 0 Å². The minimum atomic E-state index is -0.305. The minimum Gasteiger partial charge on any atom is -0.508 e. The van der Waals surface area contributed by atoms with Crippen LogP contribution in [0.15, 0.2) is 36.4 Å². The number of carbonyl (C=O) groups is 2.